The van der Waals surface area contributed by atoms with Crippen molar-refractivity contribution in [3.63, 3.8) is 0 Å². The van der Waals surface area contributed by atoms with Crippen LogP contribution in [0.1, 0.15) is 54.9 Å². The zero-order chi connectivity index (χ0) is 16.8. The van der Waals surface area contributed by atoms with Crippen molar-refractivity contribution in [1.82, 2.24) is 4.90 Å². The minimum atomic E-state index is -0.884. The molecule has 0 radical (unpaired) electrons. The van der Waals surface area contributed by atoms with Gasteiger partial charge in [0, 0.05) is 13.1 Å². The molecule has 126 valence electrons. The molecule has 0 atom stereocenters. The highest BCUT2D eigenvalue weighted by Crippen LogP contribution is 2.30. The fourth-order valence-corrected chi connectivity index (χ4v) is 3.03. The fraction of sp³-hybridized carbons (Fsp3) is 0.556. The molecule has 0 aromatic heterocycles. The van der Waals surface area contributed by atoms with Crippen LogP contribution in [0, 0.1) is 0 Å². The molecule has 0 aliphatic carbocycles. The summed E-state index contributed by atoms with van der Waals surface area (Å²) in [5.74, 6) is -0.557. The van der Waals surface area contributed by atoms with Crippen LogP contribution in [0.15, 0.2) is 24.3 Å². The molecule has 23 heavy (non-hydrogen) atoms. The molecule has 1 aliphatic rings. The number of carbonyl (C=O) groups is 2. The van der Waals surface area contributed by atoms with E-state index in [2.05, 4.69) is 0 Å². The maximum absolute atomic E-state index is 12.1. The number of nitrogens with zero attached hydrogens (tertiary/aromatic N) is 1. The number of carbonyl (C=O) groups excluding carboxylic acids is 1. The number of rotatable bonds is 6. The maximum atomic E-state index is 12.1. The summed E-state index contributed by atoms with van der Waals surface area (Å²) < 4.78 is 5.42. The highest BCUT2D eigenvalue weighted by molar-refractivity contribution is 5.89. The SMILES string of the molecule is CC(C)OCCC(=O)N1CCC(c2ccccc2C(=O)O)CC1. The number of benzene rings is 1. The van der Waals surface area contributed by atoms with Gasteiger partial charge in [0.15, 0.2) is 0 Å². The van der Waals surface area contributed by atoms with Gasteiger partial charge in [-0.25, -0.2) is 4.79 Å². The summed E-state index contributed by atoms with van der Waals surface area (Å²) in [5.41, 5.74) is 1.26. The van der Waals surface area contributed by atoms with E-state index in [4.69, 9.17) is 4.74 Å². The normalized spacial score (nSPS) is 15.9. The summed E-state index contributed by atoms with van der Waals surface area (Å²) in [7, 11) is 0. The summed E-state index contributed by atoms with van der Waals surface area (Å²) in [4.78, 5) is 25.3. The lowest BCUT2D eigenvalue weighted by atomic mass is 9.86. The van der Waals surface area contributed by atoms with E-state index in [9.17, 15) is 14.7 Å². The van der Waals surface area contributed by atoms with E-state index in [1.54, 1.807) is 12.1 Å². The van der Waals surface area contributed by atoms with Crippen LogP contribution < -0.4 is 0 Å². The van der Waals surface area contributed by atoms with E-state index in [1.165, 1.54) is 0 Å². The number of amides is 1. The summed E-state index contributed by atoms with van der Waals surface area (Å²) in [6.07, 6.45) is 2.16. The lowest BCUT2D eigenvalue weighted by Gasteiger charge is -2.33. The molecule has 1 amide bonds. The van der Waals surface area contributed by atoms with Crippen LogP contribution in [-0.4, -0.2) is 47.7 Å². The lowest BCUT2D eigenvalue weighted by Crippen LogP contribution is -2.38. The van der Waals surface area contributed by atoms with Gasteiger partial charge in [-0.05, 0) is 44.2 Å². The molecule has 1 aliphatic heterocycles. The van der Waals surface area contributed by atoms with Gasteiger partial charge in [-0.1, -0.05) is 18.2 Å². The number of ether oxygens (including phenoxy) is 1. The van der Waals surface area contributed by atoms with Crippen molar-refractivity contribution in [1.29, 1.82) is 0 Å². The zero-order valence-electron chi connectivity index (χ0n) is 13.8. The second kappa shape index (κ2) is 8.11. The Morgan fingerprint density at radius 2 is 1.91 bits per heavy atom. The first-order valence-corrected chi connectivity index (χ1v) is 8.20. The molecular weight excluding hydrogens is 294 g/mol. The van der Waals surface area contributed by atoms with Gasteiger partial charge in [-0.3, -0.25) is 4.79 Å². The van der Waals surface area contributed by atoms with Crippen LogP contribution in [0.4, 0.5) is 0 Å². The van der Waals surface area contributed by atoms with Crippen molar-refractivity contribution in [3.8, 4) is 0 Å². The topological polar surface area (TPSA) is 66.8 Å². The summed E-state index contributed by atoms with van der Waals surface area (Å²) in [6.45, 7) is 5.72. The zero-order valence-corrected chi connectivity index (χ0v) is 13.8. The average molecular weight is 319 g/mol. The lowest BCUT2D eigenvalue weighted by molar-refractivity contribution is -0.133. The number of carboxylic acid groups (broad SMARTS) is 1. The number of hydrogen-bond donors (Lipinski definition) is 1. The van der Waals surface area contributed by atoms with E-state index in [0.717, 1.165) is 18.4 Å². The molecule has 0 bridgehead atoms. The standard InChI is InChI=1S/C18H25NO4/c1-13(2)23-12-9-17(20)19-10-7-14(8-11-19)15-5-3-4-6-16(15)18(21)22/h3-6,13-14H,7-12H2,1-2H3,(H,21,22). The van der Waals surface area contributed by atoms with Crippen molar-refractivity contribution in [2.45, 2.75) is 45.1 Å². The number of hydrogen-bond acceptors (Lipinski definition) is 3. The van der Waals surface area contributed by atoms with Gasteiger partial charge in [-0.15, -0.1) is 0 Å². The quantitative estimate of drug-likeness (QED) is 0.875. The monoisotopic (exact) mass is 319 g/mol. The molecule has 5 nitrogen and oxygen atoms in total. The third kappa shape index (κ3) is 4.79. The van der Waals surface area contributed by atoms with Crippen LogP contribution in [-0.2, 0) is 9.53 Å². The second-order valence-electron chi connectivity index (χ2n) is 6.22. The smallest absolute Gasteiger partial charge is 0.335 e. The average Bonchev–Trinajstić information content (AvgIpc) is 2.54. The van der Waals surface area contributed by atoms with E-state index >= 15 is 0 Å². The van der Waals surface area contributed by atoms with Gasteiger partial charge in [0.05, 0.1) is 24.7 Å². The first kappa shape index (κ1) is 17.5. The number of likely N-dealkylation sites (tertiary alicyclic amines) is 1. The molecule has 0 spiro atoms. The minimum absolute atomic E-state index is 0.121. The molecule has 5 heteroatoms. The molecule has 1 N–H and O–H groups in total. The van der Waals surface area contributed by atoms with Crippen molar-refractivity contribution < 1.29 is 19.4 Å². The Kier molecular flexibility index (Phi) is 6.16. The Balaban J connectivity index is 1.89. The second-order valence-corrected chi connectivity index (χ2v) is 6.22. The molecule has 1 aromatic rings. The minimum Gasteiger partial charge on any atom is -0.478 e. The van der Waals surface area contributed by atoms with Crippen LogP contribution >= 0.6 is 0 Å². The number of carboxylic acids is 1. The Morgan fingerprint density at radius 1 is 1.26 bits per heavy atom. The van der Waals surface area contributed by atoms with E-state index in [1.807, 2.05) is 30.9 Å². The third-order valence-electron chi connectivity index (χ3n) is 4.25. The van der Waals surface area contributed by atoms with Crippen LogP contribution in [0.3, 0.4) is 0 Å². The molecule has 1 aromatic carbocycles. The first-order chi connectivity index (χ1) is 11.0. The van der Waals surface area contributed by atoms with Crippen molar-refractivity contribution in [2.75, 3.05) is 19.7 Å². The Bertz CT molecular complexity index is 548. The summed E-state index contributed by atoms with van der Waals surface area (Å²) >= 11 is 0. The summed E-state index contributed by atoms with van der Waals surface area (Å²) in [5, 5.41) is 9.30. The van der Waals surface area contributed by atoms with E-state index < -0.39 is 5.97 Å². The first-order valence-electron chi connectivity index (χ1n) is 8.20. The highest BCUT2D eigenvalue weighted by Gasteiger charge is 2.26. The fourth-order valence-electron chi connectivity index (χ4n) is 3.03. The van der Waals surface area contributed by atoms with Crippen molar-refractivity contribution in [2.24, 2.45) is 0 Å². The van der Waals surface area contributed by atoms with Gasteiger partial charge in [0.25, 0.3) is 0 Å². The molecular formula is C18H25NO4. The Labute approximate surface area is 137 Å². The predicted octanol–water partition coefficient (Wildman–Crippen LogP) is 2.91. The van der Waals surface area contributed by atoms with Gasteiger partial charge < -0.3 is 14.7 Å². The molecule has 0 saturated carbocycles. The summed E-state index contributed by atoms with van der Waals surface area (Å²) in [6, 6.07) is 7.17. The van der Waals surface area contributed by atoms with Crippen LogP contribution in [0.5, 0.6) is 0 Å². The molecule has 1 saturated heterocycles. The highest BCUT2D eigenvalue weighted by atomic mass is 16.5. The Morgan fingerprint density at radius 3 is 2.52 bits per heavy atom. The maximum Gasteiger partial charge on any atom is 0.335 e. The number of aromatic carboxylic acids is 1. The predicted molar refractivity (Wildman–Crippen MR) is 87.7 cm³/mol. The number of piperidine rings is 1. The van der Waals surface area contributed by atoms with Crippen LogP contribution in [0.25, 0.3) is 0 Å². The van der Waals surface area contributed by atoms with Gasteiger partial charge in [0.1, 0.15) is 0 Å². The Hall–Kier alpha value is -1.88. The molecule has 2 rings (SSSR count). The van der Waals surface area contributed by atoms with Gasteiger partial charge >= 0.3 is 5.97 Å². The van der Waals surface area contributed by atoms with Gasteiger partial charge in [-0.2, -0.15) is 0 Å². The largest absolute Gasteiger partial charge is 0.478 e. The molecule has 1 fully saturated rings. The third-order valence-corrected chi connectivity index (χ3v) is 4.25. The molecule has 0 unspecified atom stereocenters. The van der Waals surface area contributed by atoms with E-state index in [0.29, 0.717) is 31.7 Å². The molecule has 1 heterocycles. The van der Waals surface area contributed by atoms with Crippen molar-refractivity contribution in [3.05, 3.63) is 35.4 Å². The van der Waals surface area contributed by atoms with Gasteiger partial charge in [0.2, 0.25) is 5.91 Å². The van der Waals surface area contributed by atoms with E-state index in [-0.39, 0.29) is 17.9 Å². The van der Waals surface area contributed by atoms with Crippen LogP contribution in [0.2, 0.25) is 0 Å². The van der Waals surface area contributed by atoms with Crippen molar-refractivity contribution >= 4 is 11.9 Å².